The van der Waals surface area contributed by atoms with Crippen molar-refractivity contribution in [1.29, 1.82) is 0 Å². The standard InChI is InChI=1S/C11H16BrNO2/c1-7(5-13)10-4-9(12)3-8(6-15-2)11(10)14/h3-4,7,14H,5-6,13H2,1-2H3. The topological polar surface area (TPSA) is 55.5 Å². The Morgan fingerprint density at radius 3 is 2.73 bits per heavy atom. The molecule has 0 radical (unpaired) electrons. The Balaban J connectivity index is 3.15. The summed E-state index contributed by atoms with van der Waals surface area (Å²) in [5, 5.41) is 9.99. The molecule has 0 fully saturated rings. The van der Waals surface area contributed by atoms with Gasteiger partial charge in [0.1, 0.15) is 5.75 Å². The Hall–Kier alpha value is -0.580. The number of methoxy groups -OCH3 is 1. The minimum atomic E-state index is 0.137. The number of nitrogens with two attached hydrogens (primary N) is 1. The van der Waals surface area contributed by atoms with Crippen LogP contribution in [0.2, 0.25) is 0 Å². The minimum absolute atomic E-state index is 0.137. The van der Waals surface area contributed by atoms with Gasteiger partial charge in [0.2, 0.25) is 0 Å². The molecular weight excluding hydrogens is 258 g/mol. The van der Waals surface area contributed by atoms with Crippen molar-refractivity contribution in [1.82, 2.24) is 0 Å². The van der Waals surface area contributed by atoms with Gasteiger partial charge in [-0.25, -0.2) is 0 Å². The summed E-state index contributed by atoms with van der Waals surface area (Å²) < 4.78 is 5.95. The van der Waals surface area contributed by atoms with Crippen LogP contribution in [0.15, 0.2) is 16.6 Å². The Morgan fingerprint density at radius 2 is 2.20 bits per heavy atom. The van der Waals surface area contributed by atoms with Gasteiger partial charge in [0.15, 0.2) is 0 Å². The highest BCUT2D eigenvalue weighted by molar-refractivity contribution is 9.10. The number of hydrogen-bond donors (Lipinski definition) is 2. The number of ether oxygens (including phenoxy) is 1. The normalized spacial score (nSPS) is 12.8. The molecule has 0 amide bonds. The van der Waals surface area contributed by atoms with Gasteiger partial charge in [0.05, 0.1) is 6.61 Å². The van der Waals surface area contributed by atoms with Crippen molar-refractivity contribution < 1.29 is 9.84 Å². The molecule has 84 valence electrons. The van der Waals surface area contributed by atoms with Crippen LogP contribution in [0, 0.1) is 0 Å². The Kier molecular flexibility index (Phi) is 4.57. The predicted molar refractivity (Wildman–Crippen MR) is 64.0 cm³/mol. The summed E-state index contributed by atoms with van der Waals surface area (Å²) in [6.45, 7) is 2.89. The molecule has 0 saturated carbocycles. The van der Waals surface area contributed by atoms with E-state index in [1.807, 2.05) is 19.1 Å². The maximum Gasteiger partial charge on any atom is 0.124 e. The summed E-state index contributed by atoms with van der Waals surface area (Å²) in [7, 11) is 1.60. The quantitative estimate of drug-likeness (QED) is 0.886. The fourth-order valence-electron chi connectivity index (χ4n) is 1.45. The predicted octanol–water partition coefficient (Wildman–Crippen LogP) is 2.36. The molecule has 1 atom stereocenters. The molecule has 3 nitrogen and oxygen atoms in total. The number of halogens is 1. The van der Waals surface area contributed by atoms with E-state index >= 15 is 0 Å². The Labute approximate surface area is 98.4 Å². The molecule has 0 aliphatic carbocycles. The van der Waals surface area contributed by atoms with Crippen molar-refractivity contribution >= 4 is 15.9 Å². The molecule has 0 aliphatic heterocycles. The maximum atomic E-state index is 9.99. The molecule has 0 aromatic heterocycles. The molecule has 1 rings (SSSR count). The fraction of sp³-hybridized carbons (Fsp3) is 0.455. The van der Waals surface area contributed by atoms with E-state index in [0.717, 1.165) is 15.6 Å². The second-order valence-electron chi connectivity index (χ2n) is 3.57. The summed E-state index contributed by atoms with van der Waals surface area (Å²) in [6.07, 6.45) is 0. The highest BCUT2D eigenvalue weighted by atomic mass is 79.9. The van der Waals surface area contributed by atoms with E-state index in [-0.39, 0.29) is 11.7 Å². The number of rotatable bonds is 4. The molecule has 4 heteroatoms. The third-order valence-corrected chi connectivity index (χ3v) is 2.83. The van der Waals surface area contributed by atoms with Crippen LogP contribution in [-0.2, 0) is 11.3 Å². The molecule has 3 N–H and O–H groups in total. The van der Waals surface area contributed by atoms with Crippen LogP contribution in [0.4, 0.5) is 0 Å². The summed E-state index contributed by atoms with van der Waals surface area (Å²) >= 11 is 3.41. The van der Waals surface area contributed by atoms with E-state index in [1.165, 1.54) is 0 Å². The highest BCUT2D eigenvalue weighted by Crippen LogP contribution is 2.32. The van der Waals surface area contributed by atoms with Crippen molar-refractivity contribution in [3.05, 3.63) is 27.7 Å². The van der Waals surface area contributed by atoms with Crippen molar-refractivity contribution in [3.8, 4) is 5.75 Å². The van der Waals surface area contributed by atoms with Gasteiger partial charge in [-0.1, -0.05) is 22.9 Å². The van der Waals surface area contributed by atoms with Crippen LogP contribution in [0.25, 0.3) is 0 Å². The molecule has 0 saturated heterocycles. The van der Waals surface area contributed by atoms with Crippen LogP contribution >= 0.6 is 15.9 Å². The zero-order chi connectivity index (χ0) is 11.4. The lowest BCUT2D eigenvalue weighted by Crippen LogP contribution is -2.09. The van der Waals surface area contributed by atoms with Gasteiger partial charge in [0.25, 0.3) is 0 Å². The third-order valence-electron chi connectivity index (χ3n) is 2.37. The van der Waals surface area contributed by atoms with Crippen LogP contribution in [0.5, 0.6) is 5.75 Å². The fourth-order valence-corrected chi connectivity index (χ4v) is 1.97. The third kappa shape index (κ3) is 2.93. The van der Waals surface area contributed by atoms with Gasteiger partial charge < -0.3 is 15.6 Å². The minimum Gasteiger partial charge on any atom is -0.507 e. The molecule has 15 heavy (non-hydrogen) atoms. The van der Waals surface area contributed by atoms with E-state index in [9.17, 15) is 5.11 Å². The maximum absolute atomic E-state index is 9.99. The summed E-state index contributed by atoms with van der Waals surface area (Å²) in [5.41, 5.74) is 7.23. The molecule has 0 heterocycles. The van der Waals surface area contributed by atoms with Crippen molar-refractivity contribution in [2.75, 3.05) is 13.7 Å². The van der Waals surface area contributed by atoms with Crippen molar-refractivity contribution in [2.45, 2.75) is 19.4 Å². The lowest BCUT2D eigenvalue weighted by molar-refractivity contribution is 0.181. The van der Waals surface area contributed by atoms with Gasteiger partial charge in [-0.2, -0.15) is 0 Å². The first kappa shape index (κ1) is 12.5. The summed E-state index contributed by atoms with van der Waals surface area (Å²) in [5.74, 6) is 0.427. The van der Waals surface area contributed by atoms with Gasteiger partial charge in [-0.05, 0) is 30.2 Å². The van der Waals surface area contributed by atoms with Crippen LogP contribution < -0.4 is 5.73 Å². The second-order valence-corrected chi connectivity index (χ2v) is 4.49. The number of benzene rings is 1. The SMILES string of the molecule is COCc1cc(Br)cc(C(C)CN)c1O. The molecule has 0 aliphatic rings. The second kappa shape index (κ2) is 5.49. The van der Waals surface area contributed by atoms with E-state index in [2.05, 4.69) is 15.9 Å². The molecule has 1 aromatic carbocycles. The van der Waals surface area contributed by atoms with E-state index in [0.29, 0.717) is 13.2 Å². The number of phenolic OH excluding ortho intramolecular Hbond substituents is 1. The first-order chi connectivity index (χ1) is 7.10. The molecule has 1 aromatic rings. The van der Waals surface area contributed by atoms with E-state index in [1.54, 1.807) is 7.11 Å². The van der Waals surface area contributed by atoms with Gasteiger partial charge >= 0.3 is 0 Å². The smallest absolute Gasteiger partial charge is 0.124 e. The number of hydrogen-bond acceptors (Lipinski definition) is 3. The lowest BCUT2D eigenvalue weighted by atomic mass is 9.98. The monoisotopic (exact) mass is 273 g/mol. The summed E-state index contributed by atoms with van der Waals surface area (Å²) in [4.78, 5) is 0. The lowest BCUT2D eigenvalue weighted by Gasteiger charge is -2.15. The molecule has 1 unspecified atom stereocenters. The van der Waals surface area contributed by atoms with Crippen LogP contribution in [0.3, 0.4) is 0 Å². The van der Waals surface area contributed by atoms with Crippen LogP contribution in [-0.4, -0.2) is 18.8 Å². The first-order valence-electron chi connectivity index (χ1n) is 4.80. The average Bonchev–Trinajstić information content (AvgIpc) is 2.22. The van der Waals surface area contributed by atoms with Crippen LogP contribution in [0.1, 0.15) is 24.0 Å². The Bertz CT molecular complexity index is 342. The van der Waals surface area contributed by atoms with Gasteiger partial charge in [-0.3, -0.25) is 0 Å². The van der Waals surface area contributed by atoms with Crippen molar-refractivity contribution in [3.63, 3.8) is 0 Å². The molecule has 0 bridgehead atoms. The first-order valence-corrected chi connectivity index (χ1v) is 5.59. The number of aromatic hydroxyl groups is 1. The zero-order valence-corrected chi connectivity index (χ0v) is 10.5. The highest BCUT2D eigenvalue weighted by Gasteiger charge is 2.13. The van der Waals surface area contributed by atoms with E-state index in [4.69, 9.17) is 10.5 Å². The van der Waals surface area contributed by atoms with Gasteiger partial charge in [0, 0.05) is 17.1 Å². The zero-order valence-electron chi connectivity index (χ0n) is 8.96. The average molecular weight is 274 g/mol. The van der Waals surface area contributed by atoms with E-state index < -0.39 is 0 Å². The number of phenols is 1. The van der Waals surface area contributed by atoms with Crippen molar-refractivity contribution in [2.24, 2.45) is 5.73 Å². The molecule has 0 spiro atoms. The van der Waals surface area contributed by atoms with Gasteiger partial charge in [-0.15, -0.1) is 0 Å². The summed E-state index contributed by atoms with van der Waals surface area (Å²) in [6, 6.07) is 3.75. The molecular formula is C11H16BrNO2. The Morgan fingerprint density at radius 1 is 1.53 bits per heavy atom. The largest absolute Gasteiger partial charge is 0.507 e.